The fourth-order valence-corrected chi connectivity index (χ4v) is 1.48. The molecule has 84 valence electrons. The third kappa shape index (κ3) is 3.70. The highest BCUT2D eigenvalue weighted by atomic mass is 16.5. The summed E-state index contributed by atoms with van der Waals surface area (Å²) in [6, 6.07) is 17.9. The summed E-state index contributed by atoms with van der Waals surface area (Å²) in [5.41, 5.74) is 2.21. The largest absolute Gasteiger partial charge is 0.481 e. The van der Waals surface area contributed by atoms with Gasteiger partial charge in [0.1, 0.15) is 12.4 Å². The molecule has 0 spiro atoms. The van der Waals surface area contributed by atoms with Gasteiger partial charge in [-0.05, 0) is 36.8 Å². The third-order valence-electron chi connectivity index (χ3n) is 2.31. The summed E-state index contributed by atoms with van der Waals surface area (Å²) in [6.45, 7) is 2.46. The van der Waals surface area contributed by atoms with Gasteiger partial charge in [0.2, 0.25) is 0 Å². The quantitative estimate of drug-likeness (QED) is 0.707. The third-order valence-corrected chi connectivity index (χ3v) is 2.31. The van der Waals surface area contributed by atoms with Crippen LogP contribution in [0.3, 0.4) is 0 Å². The maximum absolute atomic E-state index is 5.53. The van der Waals surface area contributed by atoms with Gasteiger partial charge in [0, 0.05) is 5.56 Å². The summed E-state index contributed by atoms with van der Waals surface area (Å²) in [4.78, 5) is 0. The SMILES string of the molecule is Cc1cccc(OCC#Cc2ccccc2)c1. The lowest BCUT2D eigenvalue weighted by atomic mass is 10.2. The van der Waals surface area contributed by atoms with Crippen molar-refractivity contribution in [2.24, 2.45) is 0 Å². The Balaban J connectivity index is 1.90. The first kappa shape index (κ1) is 11.3. The van der Waals surface area contributed by atoms with E-state index in [4.69, 9.17) is 4.74 Å². The van der Waals surface area contributed by atoms with Crippen LogP contribution in [0.25, 0.3) is 0 Å². The second-order valence-corrected chi connectivity index (χ2v) is 3.77. The normalized spacial score (nSPS) is 9.24. The molecule has 0 aliphatic heterocycles. The molecular formula is C16H14O. The fraction of sp³-hybridized carbons (Fsp3) is 0.125. The first-order valence-corrected chi connectivity index (χ1v) is 5.58. The van der Waals surface area contributed by atoms with Gasteiger partial charge >= 0.3 is 0 Å². The van der Waals surface area contributed by atoms with Crippen LogP contribution in [0.4, 0.5) is 0 Å². The van der Waals surface area contributed by atoms with Gasteiger partial charge in [0.25, 0.3) is 0 Å². The smallest absolute Gasteiger partial charge is 0.149 e. The average Bonchev–Trinajstić information content (AvgIpc) is 2.36. The van der Waals surface area contributed by atoms with Gasteiger partial charge < -0.3 is 4.74 Å². The van der Waals surface area contributed by atoms with E-state index in [0.29, 0.717) is 6.61 Å². The maximum atomic E-state index is 5.53. The molecule has 0 aromatic heterocycles. The summed E-state index contributed by atoms with van der Waals surface area (Å²) in [5.74, 6) is 6.92. The second-order valence-electron chi connectivity index (χ2n) is 3.77. The Hall–Kier alpha value is -2.20. The maximum Gasteiger partial charge on any atom is 0.149 e. The Morgan fingerprint density at radius 1 is 1.00 bits per heavy atom. The standard InChI is InChI=1S/C16H14O/c1-14-7-5-11-16(13-14)17-12-6-10-15-8-3-2-4-9-15/h2-5,7-9,11,13H,12H2,1H3. The highest BCUT2D eigenvalue weighted by molar-refractivity contribution is 5.34. The van der Waals surface area contributed by atoms with Crippen LogP contribution in [0.5, 0.6) is 5.75 Å². The predicted octanol–water partition coefficient (Wildman–Crippen LogP) is 3.43. The van der Waals surface area contributed by atoms with Crippen molar-refractivity contribution in [2.75, 3.05) is 6.61 Å². The Morgan fingerprint density at radius 3 is 2.59 bits per heavy atom. The molecule has 0 saturated heterocycles. The van der Waals surface area contributed by atoms with Crippen LogP contribution in [0.15, 0.2) is 54.6 Å². The Morgan fingerprint density at radius 2 is 1.82 bits per heavy atom. The molecule has 1 heteroatoms. The lowest BCUT2D eigenvalue weighted by Gasteiger charge is -2.01. The Bertz CT molecular complexity index is 532. The molecule has 0 aliphatic rings. The van der Waals surface area contributed by atoms with Gasteiger partial charge in [-0.2, -0.15) is 0 Å². The van der Waals surface area contributed by atoms with Gasteiger partial charge in [-0.15, -0.1) is 0 Å². The van der Waals surface area contributed by atoms with E-state index in [9.17, 15) is 0 Å². The lowest BCUT2D eigenvalue weighted by molar-refractivity contribution is 0.370. The minimum atomic E-state index is 0.415. The molecule has 0 unspecified atom stereocenters. The van der Waals surface area contributed by atoms with Crippen molar-refractivity contribution in [2.45, 2.75) is 6.92 Å². The van der Waals surface area contributed by atoms with E-state index in [1.807, 2.05) is 61.5 Å². The number of benzene rings is 2. The fourth-order valence-electron chi connectivity index (χ4n) is 1.48. The first-order valence-electron chi connectivity index (χ1n) is 5.58. The molecule has 17 heavy (non-hydrogen) atoms. The van der Waals surface area contributed by atoms with Crippen LogP contribution in [0, 0.1) is 18.8 Å². The van der Waals surface area contributed by atoms with Crippen molar-refractivity contribution in [1.82, 2.24) is 0 Å². The van der Waals surface area contributed by atoms with E-state index >= 15 is 0 Å². The van der Waals surface area contributed by atoms with Crippen molar-refractivity contribution >= 4 is 0 Å². The summed E-state index contributed by atoms with van der Waals surface area (Å²) in [6.07, 6.45) is 0. The topological polar surface area (TPSA) is 9.23 Å². The molecule has 0 radical (unpaired) electrons. The molecule has 2 aromatic carbocycles. The van der Waals surface area contributed by atoms with Crippen LogP contribution in [0.2, 0.25) is 0 Å². The Kier molecular flexibility index (Phi) is 3.83. The zero-order chi connectivity index (χ0) is 11.9. The summed E-state index contributed by atoms with van der Waals surface area (Å²) in [5, 5.41) is 0. The minimum Gasteiger partial charge on any atom is -0.481 e. The highest BCUT2D eigenvalue weighted by Crippen LogP contribution is 2.11. The van der Waals surface area contributed by atoms with Gasteiger partial charge in [-0.3, -0.25) is 0 Å². The van der Waals surface area contributed by atoms with Gasteiger partial charge in [-0.25, -0.2) is 0 Å². The van der Waals surface area contributed by atoms with Crippen LogP contribution in [-0.4, -0.2) is 6.61 Å². The van der Waals surface area contributed by atoms with Crippen LogP contribution >= 0.6 is 0 Å². The lowest BCUT2D eigenvalue weighted by Crippen LogP contribution is -1.93. The first-order chi connectivity index (χ1) is 8.34. The van der Waals surface area contributed by atoms with E-state index < -0.39 is 0 Å². The monoisotopic (exact) mass is 222 g/mol. The molecule has 0 atom stereocenters. The van der Waals surface area contributed by atoms with Crippen LogP contribution < -0.4 is 4.74 Å². The molecule has 0 N–H and O–H groups in total. The van der Waals surface area contributed by atoms with E-state index in [1.165, 1.54) is 5.56 Å². The zero-order valence-corrected chi connectivity index (χ0v) is 9.81. The molecule has 2 rings (SSSR count). The zero-order valence-electron chi connectivity index (χ0n) is 9.81. The van der Waals surface area contributed by atoms with Crippen molar-refractivity contribution in [1.29, 1.82) is 0 Å². The van der Waals surface area contributed by atoms with E-state index in [-0.39, 0.29) is 0 Å². The number of aryl methyl sites for hydroxylation is 1. The molecule has 0 heterocycles. The summed E-state index contributed by atoms with van der Waals surface area (Å²) < 4.78 is 5.53. The molecule has 1 nitrogen and oxygen atoms in total. The average molecular weight is 222 g/mol. The van der Waals surface area contributed by atoms with Crippen molar-refractivity contribution in [3.05, 3.63) is 65.7 Å². The van der Waals surface area contributed by atoms with Gasteiger partial charge in [0.05, 0.1) is 0 Å². The number of hydrogen-bond acceptors (Lipinski definition) is 1. The van der Waals surface area contributed by atoms with Gasteiger partial charge in [-0.1, -0.05) is 42.2 Å². The van der Waals surface area contributed by atoms with Crippen LogP contribution in [0.1, 0.15) is 11.1 Å². The summed E-state index contributed by atoms with van der Waals surface area (Å²) >= 11 is 0. The number of rotatable bonds is 2. The minimum absolute atomic E-state index is 0.415. The Labute approximate surface area is 102 Å². The number of ether oxygens (including phenoxy) is 1. The van der Waals surface area contributed by atoms with Crippen molar-refractivity contribution in [3.63, 3.8) is 0 Å². The molecule has 0 bridgehead atoms. The highest BCUT2D eigenvalue weighted by Gasteiger charge is 1.90. The molecule has 0 saturated carbocycles. The van der Waals surface area contributed by atoms with E-state index in [0.717, 1.165) is 11.3 Å². The summed E-state index contributed by atoms with van der Waals surface area (Å²) in [7, 11) is 0. The van der Waals surface area contributed by atoms with E-state index in [1.54, 1.807) is 0 Å². The predicted molar refractivity (Wildman–Crippen MR) is 70.0 cm³/mol. The number of hydrogen-bond donors (Lipinski definition) is 0. The molecule has 0 fully saturated rings. The second kappa shape index (κ2) is 5.77. The molecule has 0 amide bonds. The molecule has 0 aliphatic carbocycles. The molecule has 2 aromatic rings. The van der Waals surface area contributed by atoms with Crippen molar-refractivity contribution in [3.8, 4) is 17.6 Å². The molecular weight excluding hydrogens is 208 g/mol. The van der Waals surface area contributed by atoms with Gasteiger partial charge in [0.15, 0.2) is 0 Å². The van der Waals surface area contributed by atoms with Crippen molar-refractivity contribution < 1.29 is 4.74 Å². The van der Waals surface area contributed by atoms with E-state index in [2.05, 4.69) is 11.8 Å². The van der Waals surface area contributed by atoms with Crippen LogP contribution in [-0.2, 0) is 0 Å².